The topological polar surface area (TPSA) is 57.7 Å². The minimum Gasteiger partial charge on any atom is -0.493 e. The van der Waals surface area contributed by atoms with E-state index in [0.717, 1.165) is 11.3 Å². The van der Waals surface area contributed by atoms with E-state index < -0.39 is 11.8 Å². The Bertz CT molecular complexity index is 718. The molecule has 5 heteroatoms. The first kappa shape index (κ1) is 17.5. The largest absolute Gasteiger partial charge is 0.514 e. The number of methoxy groups -OCH3 is 1. The van der Waals surface area contributed by atoms with Gasteiger partial charge in [0.1, 0.15) is 5.60 Å². The van der Waals surface area contributed by atoms with Gasteiger partial charge in [0.25, 0.3) is 0 Å². The molecule has 0 N–H and O–H groups in total. The minimum atomic E-state index is -0.766. The van der Waals surface area contributed by atoms with Gasteiger partial charge in [0.15, 0.2) is 11.5 Å². The molecule has 0 atom stereocenters. The average Bonchev–Trinajstić information content (AvgIpc) is 2.53. The van der Waals surface area contributed by atoms with Gasteiger partial charge in [0.05, 0.1) is 12.8 Å². The summed E-state index contributed by atoms with van der Waals surface area (Å²) in [5.74, 6) is 0.755. The Hall–Kier alpha value is -2.82. The molecule has 2 aromatic rings. The molecule has 2 rings (SSSR count). The highest BCUT2D eigenvalue weighted by atomic mass is 16.7. The molecule has 126 valence electrons. The van der Waals surface area contributed by atoms with Crippen molar-refractivity contribution in [2.24, 2.45) is 0 Å². The minimum absolute atomic E-state index is 0.307. The summed E-state index contributed by atoms with van der Waals surface area (Å²) < 4.78 is 15.6. The molecule has 0 aliphatic carbocycles. The molecule has 0 unspecified atom stereocenters. The lowest BCUT2D eigenvalue weighted by Gasteiger charge is -2.19. The van der Waals surface area contributed by atoms with Crippen molar-refractivity contribution in [3.63, 3.8) is 0 Å². The van der Waals surface area contributed by atoms with Crippen LogP contribution in [0.1, 0.15) is 32.0 Å². The van der Waals surface area contributed by atoms with E-state index >= 15 is 0 Å². The molecule has 0 fully saturated rings. The fourth-order valence-electron chi connectivity index (χ4n) is 1.89. The summed E-state index contributed by atoms with van der Waals surface area (Å²) in [7, 11) is 1.52. The molecule has 0 aliphatic rings. The summed E-state index contributed by atoms with van der Waals surface area (Å²) in [4.78, 5) is 16.0. The van der Waals surface area contributed by atoms with Crippen molar-refractivity contribution in [1.82, 2.24) is 4.98 Å². The van der Waals surface area contributed by atoms with Crippen LogP contribution in [-0.4, -0.2) is 23.9 Å². The highest BCUT2D eigenvalue weighted by Gasteiger charge is 2.19. The summed E-state index contributed by atoms with van der Waals surface area (Å²) in [5.41, 5.74) is 1.13. The van der Waals surface area contributed by atoms with Crippen molar-refractivity contribution in [3.8, 4) is 11.5 Å². The van der Waals surface area contributed by atoms with E-state index in [1.807, 2.05) is 36.4 Å². The van der Waals surface area contributed by atoms with Gasteiger partial charge >= 0.3 is 6.16 Å². The molecule has 0 saturated heterocycles. The van der Waals surface area contributed by atoms with Crippen molar-refractivity contribution >= 4 is 18.3 Å². The zero-order valence-electron chi connectivity index (χ0n) is 14.3. The molecule has 0 amide bonds. The van der Waals surface area contributed by atoms with Gasteiger partial charge in [-0.25, -0.2) is 4.79 Å². The smallest absolute Gasteiger partial charge is 0.493 e. The highest BCUT2D eigenvalue weighted by Crippen LogP contribution is 2.29. The van der Waals surface area contributed by atoms with Crippen molar-refractivity contribution in [1.29, 1.82) is 0 Å². The highest BCUT2D eigenvalue weighted by molar-refractivity contribution is 5.71. The Morgan fingerprint density at radius 3 is 2.50 bits per heavy atom. The molecular formula is C19H21NO4. The van der Waals surface area contributed by atoms with E-state index in [2.05, 4.69) is 4.98 Å². The van der Waals surface area contributed by atoms with Gasteiger partial charge < -0.3 is 14.2 Å². The predicted octanol–water partition coefficient (Wildman–Crippen LogP) is 4.57. The molecule has 24 heavy (non-hydrogen) atoms. The zero-order chi connectivity index (χ0) is 17.6. The second-order valence-electron chi connectivity index (χ2n) is 6.06. The lowest BCUT2D eigenvalue weighted by molar-refractivity contribution is 0.0201. The second kappa shape index (κ2) is 7.64. The van der Waals surface area contributed by atoms with Crippen LogP contribution in [-0.2, 0) is 4.74 Å². The molecule has 0 radical (unpaired) electrons. The molecule has 0 saturated carbocycles. The van der Waals surface area contributed by atoms with Gasteiger partial charge in [-0.2, -0.15) is 0 Å². The van der Waals surface area contributed by atoms with Gasteiger partial charge in [-0.3, -0.25) is 4.98 Å². The summed E-state index contributed by atoms with van der Waals surface area (Å²) in [5, 5.41) is 0. The van der Waals surface area contributed by atoms with Gasteiger partial charge in [-0.15, -0.1) is 0 Å². The number of carbonyl (C=O) groups excluding carboxylic acids is 1. The Kier molecular flexibility index (Phi) is 5.58. The van der Waals surface area contributed by atoms with Crippen LogP contribution in [0.2, 0.25) is 0 Å². The van der Waals surface area contributed by atoms with Crippen LogP contribution in [0.3, 0.4) is 0 Å². The molecule has 1 aromatic carbocycles. The monoisotopic (exact) mass is 327 g/mol. The van der Waals surface area contributed by atoms with Crippen molar-refractivity contribution in [3.05, 3.63) is 53.9 Å². The Morgan fingerprint density at radius 1 is 1.08 bits per heavy atom. The molecule has 0 spiro atoms. The second-order valence-corrected chi connectivity index (χ2v) is 6.06. The standard InChI is InChI=1S/C19H21NO4/c1-19(2,3)24-18(21)23-16-11-9-14(13-17(16)22-4)8-10-15-7-5-6-12-20-15/h5-13H,1-4H3/b10-8+. The summed E-state index contributed by atoms with van der Waals surface area (Å²) >= 11 is 0. The van der Waals surface area contributed by atoms with E-state index in [1.165, 1.54) is 7.11 Å². The van der Waals surface area contributed by atoms with Crippen LogP contribution >= 0.6 is 0 Å². The lowest BCUT2D eigenvalue weighted by atomic mass is 10.1. The number of rotatable bonds is 4. The SMILES string of the molecule is COc1cc(/C=C/c2ccccn2)ccc1OC(=O)OC(C)(C)C. The molecule has 1 heterocycles. The van der Waals surface area contributed by atoms with Crippen LogP contribution in [0.15, 0.2) is 42.6 Å². The van der Waals surface area contributed by atoms with Crippen LogP contribution in [0.25, 0.3) is 12.2 Å². The Labute approximate surface area is 141 Å². The maximum absolute atomic E-state index is 11.8. The van der Waals surface area contributed by atoms with Crippen LogP contribution in [0.5, 0.6) is 11.5 Å². The van der Waals surface area contributed by atoms with Gasteiger partial charge in [-0.05, 0) is 56.7 Å². The summed E-state index contributed by atoms with van der Waals surface area (Å²) in [6, 6.07) is 11.0. The molecule has 0 bridgehead atoms. The third-order valence-corrected chi connectivity index (χ3v) is 2.90. The van der Waals surface area contributed by atoms with E-state index in [1.54, 1.807) is 39.1 Å². The third-order valence-electron chi connectivity index (χ3n) is 2.90. The number of ether oxygens (including phenoxy) is 3. The maximum atomic E-state index is 11.8. The molecule has 5 nitrogen and oxygen atoms in total. The van der Waals surface area contributed by atoms with Crippen LogP contribution in [0.4, 0.5) is 4.79 Å². The first-order valence-corrected chi connectivity index (χ1v) is 7.55. The Balaban J connectivity index is 2.13. The van der Waals surface area contributed by atoms with E-state index in [-0.39, 0.29) is 0 Å². The average molecular weight is 327 g/mol. The fourth-order valence-corrected chi connectivity index (χ4v) is 1.89. The number of carbonyl (C=O) groups is 1. The zero-order valence-corrected chi connectivity index (χ0v) is 14.3. The number of pyridine rings is 1. The quantitative estimate of drug-likeness (QED) is 0.608. The number of nitrogens with zero attached hydrogens (tertiary/aromatic N) is 1. The molecular weight excluding hydrogens is 306 g/mol. The van der Waals surface area contributed by atoms with Crippen molar-refractivity contribution in [2.75, 3.05) is 7.11 Å². The van der Waals surface area contributed by atoms with E-state index in [4.69, 9.17) is 14.2 Å². The van der Waals surface area contributed by atoms with Crippen LogP contribution in [0, 0.1) is 0 Å². The fraction of sp³-hybridized carbons (Fsp3) is 0.263. The van der Waals surface area contributed by atoms with E-state index in [9.17, 15) is 4.79 Å². The summed E-state index contributed by atoms with van der Waals surface area (Å²) in [6.07, 6.45) is 4.76. The number of benzene rings is 1. The first-order chi connectivity index (χ1) is 11.4. The van der Waals surface area contributed by atoms with Gasteiger partial charge in [0.2, 0.25) is 0 Å². The number of hydrogen-bond donors (Lipinski definition) is 0. The molecule has 0 aliphatic heterocycles. The van der Waals surface area contributed by atoms with Crippen molar-refractivity contribution < 1.29 is 19.0 Å². The van der Waals surface area contributed by atoms with E-state index in [0.29, 0.717) is 11.5 Å². The maximum Gasteiger partial charge on any atom is 0.514 e. The van der Waals surface area contributed by atoms with Gasteiger partial charge in [0, 0.05) is 6.20 Å². The summed E-state index contributed by atoms with van der Waals surface area (Å²) in [6.45, 7) is 5.32. The van der Waals surface area contributed by atoms with Gasteiger partial charge in [-0.1, -0.05) is 18.2 Å². The molecule has 1 aromatic heterocycles. The van der Waals surface area contributed by atoms with Crippen molar-refractivity contribution in [2.45, 2.75) is 26.4 Å². The normalized spacial score (nSPS) is 11.3. The first-order valence-electron chi connectivity index (χ1n) is 7.55. The lowest BCUT2D eigenvalue weighted by Crippen LogP contribution is -2.26. The number of hydrogen-bond acceptors (Lipinski definition) is 5. The third kappa shape index (κ3) is 5.43. The van der Waals surface area contributed by atoms with Crippen LogP contribution < -0.4 is 9.47 Å². The number of aromatic nitrogens is 1. The predicted molar refractivity (Wildman–Crippen MR) is 93.0 cm³/mol. The Morgan fingerprint density at radius 2 is 1.88 bits per heavy atom.